The number of rotatable bonds is 3. The lowest BCUT2D eigenvalue weighted by atomic mass is 10.0. The second-order valence-corrected chi connectivity index (χ2v) is 4.13. The molecule has 1 aromatic carbocycles. The number of nitrogens with one attached hydrogen (secondary N) is 1. The molecular formula is C12H15NO2. The molecule has 80 valence electrons. The number of aryl methyl sites for hydroxylation is 1. The highest BCUT2D eigenvalue weighted by molar-refractivity contribution is 5.67. The molecular weight excluding hydrogens is 190 g/mol. The number of anilines is 1. The minimum absolute atomic E-state index is 0.210. The summed E-state index contributed by atoms with van der Waals surface area (Å²) in [4.78, 5) is 10.4. The minimum Gasteiger partial charge on any atom is -0.481 e. The van der Waals surface area contributed by atoms with Crippen molar-refractivity contribution in [1.29, 1.82) is 0 Å². The van der Waals surface area contributed by atoms with Crippen LogP contribution < -0.4 is 5.32 Å². The fourth-order valence-corrected chi connectivity index (χ4v) is 2.01. The first kappa shape index (κ1) is 10.0. The summed E-state index contributed by atoms with van der Waals surface area (Å²) in [5.74, 6) is -0.734. The van der Waals surface area contributed by atoms with Crippen LogP contribution in [0, 0.1) is 0 Å². The van der Waals surface area contributed by atoms with Gasteiger partial charge in [0.05, 0.1) is 0 Å². The molecule has 0 spiro atoms. The Hall–Kier alpha value is -1.51. The van der Waals surface area contributed by atoms with E-state index in [0.717, 1.165) is 12.0 Å². The van der Waals surface area contributed by atoms with Crippen molar-refractivity contribution in [2.45, 2.75) is 32.2 Å². The number of fused-ring (bicyclic) bond motifs is 1. The summed E-state index contributed by atoms with van der Waals surface area (Å²) in [6, 6.07) is 6.67. The zero-order chi connectivity index (χ0) is 10.8. The van der Waals surface area contributed by atoms with Crippen molar-refractivity contribution >= 4 is 11.7 Å². The molecule has 1 heterocycles. The van der Waals surface area contributed by atoms with E-state index in [9.17, 15) is 4.79 Å². The number of hydrogen-bond donors (Lipinski definition) is 2. The summed E-state index contributed by atoms with van der Waals surface area (Å²) in [5.41, 5.74) is 3.62. The van der Waals surface area contributed by atoms with E-state index in [2.05, 4.69) is 24.4 Å². The van der Waals surface area contributed by atoms with Gasteiger partial charge in [0.2, 0.25) is 0 Å². The van der Waals surface area contributed by atoms with E-state index < -0.39 is 5.97 Å². The van der Waals surface area contributed by atoms with E-state index in [0.29, 0.717) is 12.5 Å². The highest BCUT2D eigenvalue weighted by Gasteiger charge is 2.16. The molecule has 3 heteroatoms. The van der Waals surface area contributed by atoms with Gasteiger partial charge in [-0.1, -0.05) is 12.1 Å². The number of carbonyl (C=O) groups is 1. The Balaban J connectivity index is 2.09. The third kappa shape index (κ3) is 2.29. The third-order valence-electron chi connectivity index (χ3n) is 2.73. The summed E-state index contributed by atoms with van der Waals surface area (Å²) in [5, 5.41) is 12.0. The third-order valence-corrected chi connectivity index (χ3v) is 2.73. The van der Waals surface area contributed by atoms with Crippen molar-refractivity contribution in [3.63, 3.8) is 0 Å². The zero-order valence-corrected chi connectivity index (χ0v) is 8.79. The lowest BCUT2D eigenvalue weighted by Gasteiger charge is -2.03. The van der Waals surface area contributed by atoms with Crippen LogP contribution in [0.5, 0.6) is 0 Å². The van der Waals surface area contributed by atoms with Gasteiger partial charge >= 0.3 is 5.97 Å². The Bertz CT molecular complexity index is 387. The molecule has 1 atom stereocenters. The number of benzene rings is 1. The average Bonchev–Trinajstić information content (AvgIpc) is 2.53. The van der Waals surface area contributed by atoms with Crippen molar-refractivity contribution in [2.24, 2.45) is 0 Å². The van der Waals surface area contributed by atoms with Crippen molar-refractivity contribution in [1.82, 2.24) is 0 Å². The molecule has 0 aromatic heterocycles. The van der Waals surface area contributed by atoms with Crippen molar-refractivity contribution in [2.75, 3.05) is 5.32 Å². The number of carboxylic acids is 1. The molecule has 15 heavy (non-hydrogen) atoms. The zero-order valence-electron chi connectivity index (χ0n) is 8.79. The fourth-order valence-electron chi connectivity index (χ4n) is 2.01. The fraction of sp³-hybridized carbons (Fsp3) is 0.417. The summed E-state index contributed by atoms with van der Waals surface area (Å²) < 4.78 is 0. The Morgan fingerprint density at radius 2 is 2.40 bits per heavy atom. The maximum Gasteiger partial charge on any atom is 0.303 e. The molecule has 2 rings (SSSR count). The Labute approximate surface area is 89.1 Å². The summed E-state index contributed by atoms with van der Waals surface area (Å²) in [7, 11) is 0. The molecule has 0 bridgehead atoms. The molecule has 0 saturated carbocycles. The first-order valence-corrected chi connectivity index (χ1v) is 5.25. The van der Waals surface area contributed by atoms with E-state index in [-0.39, 0.29) is 6.42 Å². The largest absolute Gasteiger partial charge is 0.481 e. The van der Waals surface area contributed by atoms with Crippen LogP contribution in [0.4, 0.5) is 5.69 Å². The molecule has 3 nitrogen and oxygen atoms in total. The van der Waals surface area contributed by atoms with Crippen molar-refractivity contribution in [3.05, 3.63) is 29.3 Å². The van der Waals surface area contributed by atoms with Crippen LogP contribution in [-0.4, -0.2) is 17.1 Å². The molecule has 1 aromatic rings. The summed E-state index contributed by atoms with van der Waals surface area (Å²) in [6.45, 7) is 2.15. The van der Waals surface area contributed by atoms with Gasteiger partial charge < -0.3 is 10.4 Å². The highest BCUT2D eigenvalue weighted by Crippen LogP contribution is 2.26. The van der Waals surface area contributed by atoms with E-state index in [1.807, 2.05) is 6.07 Å². The van der Waals surface area contributed by atoms with Crippen molar-refractivity contribution < 1.29 is 9.90 Å². The molecule has 1 aliphatic rings. The van der Waals surface area contributed by atoms with Gasteiger partial charge in [-0.25, -0.2) is 0 Å². The van der Waals surface area contributed by atoms with E-state index in [4.69, 9.17) is 5.11 Å². The monoisotopic (exact) mass is 205 g/mol. The van der Waals surface area contributed by atoms with Crippen LogP contribution in [0.1, 0.15) is 24.5 Å². The van der Waals surface area contributed by atoms with Gasteiger partial charge in [-0.05, 0) is 37.0 Å². The van der Waals surface area contributed by atoms with Gasteiger partial charge in [-0.15, -0.1) is 0 Å². The summed E-state index contributed by atoms with van der Waals surface area (Å²) >= 11 is 0. The normalized spacial score (nSPS) is 18.3. The molecule has 0 saturated heterocycles. The molecule has 2 N–H and O–H groups in total. The summed E-state index contributed by atoms with van der Waals surface area (Å²) in [6.07, 6.45) is 1.87. The van der Waals surface area contributed by atoms with Crippen molar-refractivity contribution in [3.8, 4) is 0 Å². The first-order valence-electron chi connectivity index (χ1n) is 5.25. The lowest BCUT2D eigenvalue weighted by molar-refractivity contribution is -0.136. The predicted molar refractivity (Wildman–Crippen MR) is 59.2 cm³/mol. The lowest BCUT2D eigenvalue weighted by Crippen LogP contribution is -2.08. The smallest absolute Gasteiger partial charge is 0.303 e. The standard InChI is InChI=1S/C12H15NO2/c1-8-6-10-7-9(3-5-12(14)15)2-4-11(10)13-8/h2,4,7-8,13H,3,5-6H2,1H3,(H,14,15). The first-order chi connectivity index (χ1) is 7.15. The molecule has 0 radical (unpaired) electrons. The SMILES string of the molecule is CC1Cc2cc(CCC(=O)O)ccc2N1. The number of hydrogen-bond acceptors (Lipinski definition) is 2. The molecule has 0 aliphatic carbocycles. The quantitative estimate of drug-likeness (QED) is 0.794. The van der Waals surface area contributed by atoms with Crippen LogP contribution in [0.3, 0.4) is 0 Å². The topological polar surface area (TPSA) is 49.3 Å². The molecule has 1 aliphatic heterocycles. The van der Waals surface area contributed by atoms with Crippen LogP contribution in [0.2, 0.25) is 0 Å². The Kier molecular flexibility index (Phi) is 2.62. The Morgan fingerprint density at radius 3 is 3.13 bits per heavy atom. The highest BCUT2D eigenvalue weighted by atomic mass is 16.4. The van der Waals surface area contributed by atoms with Crippen LogP contribution in [0.15, 0.2) is 18.2 Å². The van der Waals surface area contributed by atoms with Gasteiger partial charge in [-0.3, -0.25) is 4.79 Å². The number of carboxylic acid groups (broad SMARTS) is 1. The van der Waals surface area contributed by atoms with Gasteiger partial charge in [-0.2, -0.15) is 0 Å². The van der Waals surface area contributed by atoms with E-state index >= 15 is 0 Å². The van der Waals surface area contributed by atoms with E-state index in [1.54, 1.807) is 0 Å². The van der Waals surface area contributed by atoms with Gasteiger partial charge in [0, 0.05) is 18.2 Å². The molecule has 1 unspecified atom stereocenters. The van der Waals surface area contributed by atoms with Crippen LogP contribution in [0.25, 0.3) is 0 Å². The maximum absolute atomic E-state index is 10.4. The van der Waals surface area contributed by atoms with Gasteiger partial charge in [0.15, 0.2) is 0 Å². The predicted octanol–water partition coefficient (Wildman–Crippen LogP) is 2.06. The second kappa shape index (κ2) is 3.93. The number of aliphatic carboxylic acids is 1. The minimum atomic E-state index is -0.734. The van der Waals surface area contributed by atoms with E-state index in [1.165, 1.54) is 11.3 Å². The van der Waals surface area contributed by atoms with Crippen LogP contribution >= 0.6 is 0 Å². The second-order valence-electron chi connectivity index (χ2n) is 4.13. The Morgan fingerprint density at radius 1 is 1.60 bits per heavy atom. The van der Waals surface area contributed by atoms with Gasteiger partial charge in [0.25, 0.3) is 0 Å². The molecule has 0 fully saturated rings. The van der Waals surface area contributed by atoms with Crippen LogP contribution in [-0.2, 0) is 17.6 Å². The molecule has 0 amide bonds. The maximum atomic E-state index is 10.4. The average molecular weight is 205 g/mol. The van der Waals surface area contributed by atoms with Gasteiger partial charge in [0.1, 0.15) is 0 Å².